The number of nitro groups is 1. The number of aliphatic hydroxyl groups is 1. The van der Waals surface area contributed by atoms with Gasteiger partial charge >= 0.3 is 0 Å². The molecule has 76 valence electrons. The minimum atomic E-state index is -0.641. The van der Waals surface area contributed by atoms with Gasteiger partial charge in [-0.3, -0.25) is 10.1 Å². The van der Waals surface area contributed by atoms with Crippen LogP contribution in [0.15, 0.2) is 30.0 Å². The summed E-state index contributed by atoms with van der Waals surface area (Å²) in [5, 5.41) is 27.6. The van der Waals surface area contributed by atoms with Crippen molar-refractivity contribution in [2.45, 2.75) is 0 Å². The van der Waals surface area contributed by atoms with Crippen LogP contribution < -0.4 is 0 Å². The molecule has 0 bridgehead atoms. The maximum Gasteiger partial charge on any atom is 0.271 e. The van der Waals surface area contributed by atoms with E-state index >= 15 is 0 Å². The van der Waals surface area contributed by atoms with Crippen LogP contribution in [-0.2, 0) is 0 Å². The van der Waals surface area contributed by atoms with Crippen LogP contribution in [0, 0.1) is 21.4 Å². The predicted octanol–water partition coefficient (Wildman–Crippen LogP) is 1.17. The molecule has 1 aromatic rings. The monoisotopic (exact) mass is 204 g/mol. The molecule has 1 aromatic carbocycles. The molecular formula is C10H8N2O3. The molecule has 0 spiro atoms. The average Bonchev–Trinajstić information content (AvgIpc) is 2.26. The van der Waals surface area contributed by atoms with Gasteiger partial charge in [0.1, 0.15) is 6.61 Å². The second-order valence-electron chi connectivity index (χ2n) is 2.78. The Morgan fingerprint density at radius 1 is 1.53 bits per heavy atom. The highest BCUT2D eigenvalue weighted by atomic mass is 16.6. The molecule has 0 aliphatic carbocycles. The lowest BCUT2D eigenvalue weighted by Crippen LogP contribution is -2.02. The van der Waals surface area contributed by atoms with Crippen LogP contribution in [-0.4, -0.2) is 16.6 Å². The first-order chi connectivity index (χ1) is 7.17. The zero-order valence-electron chi connectivity index (χ0n) is 7.75. The van der Waals surface area contributed by atoms with Crippen LogP contribution in [0.25, 0.3) is 6.08 Å². The first kappa shape index (κ1) is 10.9. The molecule has 0 aliphatic rings. The minimum absolute atomic E-state index is 0.278. The van der Waals surface area contributed by atoms with Crippen LogP contribution in [0.5, 0.6) is 0 Å². The Morgan fingerprint density at radius 3 is 2.53 bits per heavy atom. The maximum atomic E-state index is 10.4. The summed E-state index contributed by atoms with van der Waals surface area (Å²) in [6.45, 7) is -0.618. The third kappa shape index (κ3) is 2.90. The zero-order valence-corrected chi connectivity index (χ0v) is 7.75. The highest BCUT2D eigenvalue weighted by molar-refractivity contribution is 5.52. The number of hydrogen-bond donors (Lipinski definition) is 1. The first-order valence-corrected chi connectivity index (χ1v) is 4.13. The first-order valence-electron chi connectivity index (χ1n) is 4.13. The van der Waals surface area contributed by atoms with E-state index in [9.17, 15) is 10.1 Å². The van der Waals surface area contributed by atoms with Crippen molar-refractivity contribution in [1.82, 2.24) is 0 Å². The van der Waals surface area contributed by atoms with E-state index in [1.807, 2.05) is 6.07 Å². The van der Waals surface area contributed by atoms with Gasteiger partial charge in [0.25, 0.3) is 5.70 Å². The SMILES string of the molecule is N#Cc1ccc(/C=C(\CO)[N+](=O)[O-])cc1. The number of nitrogens with zero attached hydrogens (tertiary/aromatic N) is 2. The highest BCUT2D eigenvalue weighted by Crippen LogP contribution is 2.08. The Balaban J connectivity index is 2.98. The summed E-state index contributed by atoms with van der Waals surface area (Å²) < 4.78 is 0. The van der Waals surface area contributed by atoms with Gasteiger partial charge in [0.2, 0.25) is 0 Å². The average molecular weight is 204 g/mol. The Bertz CT molecular complexity index is 429. The van der Waals surface area contributed by atoms with Gasteiger partial charge in [0, 0.05) is 6.08 Å². The van der Waals surface area contributed by atoms with Crippen LogP contribution in [0.1, 0.15) is 11.1 Å². The molecule has 0 fully saturated rings. The van der Waals surface area contributed by atoms with Gasteiger partial charge in [-0.25, -0.2) is 0 Å². The smallest absolute Gasteiger partial charge is 0.271 e. The van der Waals surface area contributed by atoms with Crippen LogP contribution in [0.4, 0.5) is 0 Å². The van der Waals surface area contributed by atoms with Crippen molar-refractivity contribution in [3.8, 4) is 6.07 Å². The normalized spacial score (nSPS) is 10.8. The summed E-state index contributed by atoms with van der Waals surface area (Å²) in [7, 11) is 0. The molecule has 15 heavy (non-hydrogen) atoms. The summed E-state index contributed by atoms with van der Waals surface area (Å²) in [6, 6.07) is 8.22. The molecule has 0 saturated heterocycles. The van der Waals surface area contributed by atoms with Crippen LogP contribution >= 0.6 is 0 Å². The highest BCUT2D eigenvalue weighted by Gasteiger charge is 2.07. The molecule has 1 rings (SSSR count). The van der Waals surface area contributed by atoms with E-state index in [4.69, 9.17) is 10.4 Å². The molecular weight excluding hydrogens is 196 g/mol. The molecule has 0 aromatic heterocycles. The number of hydrogen-bond acceptors (Lipinski definition) is 4. The van der Waals surface area contributed by atoms with Crippen molar-refractivity contribution in [1.29, 1.82) is 5.26 Å². The van der Waals surface area contributed by atoms with Gasteiger partial charge in [-0.1, -0.05) is 12.1 Å². The quantitative estimate of drug-likeness (QED) is 0.591. The standard InChI is InChI=1S/C10H8N2O3/c11-6-9-3-1-8(2-4-9)5-10(7-13)12(14)15/h1-5,13H,7H2/b10-5+. The fourth-order valence-corrected chi connectivity index (χ4v) is 1.00. The fourth-order valence-electron chi connectivity index (χ4n) is 1.00. The van der Waals surface area contributed by atoms with Gasteiger partial charge in [-0.2, -0.15) is 5.26 Å². The summed E-state index contributed by atoms with van der Waals surface area (Å²) in [6.07, 6.45) is 1.27. The van der Waals surface area contributed by atoms with E-state index < -0.39 is 11.5 Å². The Hall–Kier alpha value is -2.19. The molecule has 0 unspecified atom stereocenters. The van der Waals surface area contributed by atoms with Crippen molar-refractivity contribution < 1.29 is 10.0 Å². The molecule has 0 amide bonds. The predicted molar refractivity (Wildman–Crippen MR) is 53.2 cm³/mol. The zero-order chi connectivity index (χ0) is 11.3. The van der Waals surface area contributed by atoms with Gasteiger partial charge in [-0.15, -0.1) is 0 Å². The van der Waals surface area contributed by atoms with Gasteiger partial charge < -0.3 is 5.11 Å². The van der Waals surface area contributed by atoms with Crippen LogP contribution in [0.2, 0.25) is 0 Å². The van der Waals surface area contributed by atoms with Gasteiger partial charge in [-0.05, 0) is 17.7 Å². The second kappa shape index (κ2) is 4.88. The third-order valence-corrected chi connectivity index (χ3v) is 1.77. The van der Waals surface area contributed by atoms with E-state index in [0.29, 0.717) is 11.1 Å². The Morgan fingerprint density at radius 2 is 2.13 bits per heavy atom. The van der Waals surface area contributed by atoms with Crippen LogP contribution in [0.3, 0.4) is 0 Å². The summed E-state index contributed by atoms with van der Waals surface area (Å²) in [4.78, 5) is 9.74. The summed E-state index contributed by atoms with van der Waals surface area (Å²) in [5.41, 5.74) is 0.785. The molecule has 5 heteroatoms. The number of nitriles is 1. The molecule has 0 radical (unpaired) electrons. The van der Waals surface area contributed by atoms with Gasteiger partial charge in [0.05, 0.1) is 16.6 Å². The number of rotatable bonds is 3. The minimum Gasteiger partial charge on any atom is -0.385 e. The lowest BCUT2D eigenvalue weighted by atomic mass is 10.1. The summed E-state index contributed by atoms with van der Waals surface area (Å²) >= 11 is 0. The van der Waals surface area contributed by atoms with Crippen molar-refractivity contribution in [3.05, 3.63) is 51.2 Å². The second-order valence-corrected chi connectivity index (χ2v) is 2.78. The lowest BCUT2D eigenvalue weighted by Gasteiger charge is -1.95. The van der Waals surface area contributed by atoms with E-state index in [2.05, 4.69) is 0 Å². The molecule has 0 saturated carbocycles. The maximum absolute atomic E-state index is 10.4. The molecule has 0 atom stereocenters. The number of aliphatic hydroxyl groups excluding tert-OH is 1. The largest absolute Gasteiger partial charge is 0.385 e. The van der Waals surface area contributed by atoms with E-state index in [1.54, 1.807) is 24.3 Å². The third-order valence-electron chi connectivity index (χ3n) is 1.77. The van der Waals surface area contributed by atoms with Crippen molar-refractivity contribution in [3.63, 3.8) is 0 Å². The molecule has 5 nitrogen and oxygen atoms in total. The number of benzene rings is 1. The van der Waals surface area contributed by atoms with Crippen molar-refractivity contribution >= 4 is 6.08 Å². The summed E-state index contributed by atoms with van der Waals surface area (Å²) in [5.74, 6) is 0. The van der Waals surface area contributed by atoms with E-state index in [-0.39, 0.29) is 5.70 Å². The van der Waals surface area contributed by atoms with Crippen molar-refractivity contribution in [2.75, 3.05) is 6.61 Å². The topological polar surface area (TPSA) is 87.2 Å². The van der Waals surface area contributed by atoms with E-state index in [1.165, 1.54) is 6.08 Å². The Labute approximate surface area is 86.0 Å². The van der Waals surface area contributed by atoms with E-state index in [0.717, 1.165) is 0 Å². The van der Waals surface area contributed by atoms with Gasteiger partial charge in [0.15, 0.2) is 0 Å². The Kier molecular flexibility index (Phi) is 3.55. The van der Waals surface area contributed by atoms with Crippen molar-refractivity contribution in [2.24, 2.45) is 0 Å². The molecule has 0 aliphatic heterocycles. The molecule has 1 N–H and O–H groups in total. The molecule has 0 heterocycles. The fraction of sp³-hybridized carbons (Fsp3) is 0.100. The lowest BCUT2D eigenvalue weighted by molar-refractivity contribution is -0.428.